The normalized spacial score (nSPS) is 14.9. The van der Waals surface area contributed by atoms with E-state index in [0.717, 1.165) is 29.1 Å². The van der Waals surface area contributed by atoms with E-state index >= 15 is 0 Å². The molecule has 0 spiro atoms. The number of anilines is 2. The highest BCUT2D eigenvalue weighted by Crippen LogP contribution is 2.34. The molecule has 0 bridgehead atoms. The first-order valence-corrected chi connectivity index (χ1v) is 11.2. The van der Waals surface area contributed by atoms with Gasteiger partial charge in [0.15, 0.2) is 0 Å². The molecule has 0 aliphatic heterocycles. The highest BCUT2D eigenvalue weighted by molar-refractivity contribution is 6.29. The third-order valence-electron chi connectivity index (χ3n) is 4.83. The maximum Gasteiger partial charge on any atom is 0.240 e. The van der Waals surface area contributed by atoms with E-state index in [1.54, 1.807) is 23.3 Å². The number of hydrazine groups is 1. The summed E-state index contributed by atoms with van der Waals surface area (Å²) >= 11 is 5.99. The molecule has 3 rings (SSSR count). The van der Waals surface area contributed by atoms with E-state index in [1.165, 1.54) is 12.8 Å². The monoisotopic (exact) mass is 453 g/mol. The summed E-state index contributed by atoms with van der Waals surface area (Å²) in [6, 6.07) is 3.59. The summed E-state index contributed by atoms with van der Waals surface area (Å²) in [7, 11) is 0. The predicted octanol–water partition coefficient (Wildman–Crippen LogP) is 5.26. The molecule has 0 radical (unpaired) electrons. The second-order valence-corrected chi connectivity index (χ2v) is 9.73. The van der Waals surface area contributed by atoms with E-state index in [4.69, 9.17) is 27.4 Å². The first-order valence-electron chi connectivity index (χ1n) is 10.8. The third-order valence-corrected chi connectivity index (χ3v) is 5.03. The van der Waals surface area contributed by atoms with Gasteiger partial charge in [-0.05, 0) is 55.7 Å². The third kappa shape index (κ3) is 7.14. The molecule has 0 unspecified atom stereocenters. The van der Waals surface area contributed by atoms with Crippen LogP contribution in [0.3, 0.4) is 0 Å². The van der Waals surface area contributed by atoms with Crippen molar-refractivity contribution in [2.24, 2.45) is 22.2 Å². The predicted molar refractivity (Wildman–Crippen MR) is 134 cm³/mol. The molecule has 1 aliphatic rings. The van der Waals surface area contributed by atoms with E-state index in [2.05, 4.69) is 42.6 Å². The molecule has 3 N–H and O–H groups in total. The lowest BCUT2D eigenvalue weighted by molar-refractivity contribution is 0.409. The fourth-order valence-corrected chi connectivity index (χ4v) is 3.46. The molecule has 1 aliphatic carbocycles. The summed E-state index contributed by atoms with van der Waals surface area (Å²) in [6.45, 7) is 12.8. The van der Waals surface area contributed by atoms with Gasteiger partial charge in [-0.25, -0.2) is 25.8 Å². The molecule has 0 amide bonds. The summed E-state index contributed by atoms with van der Waals surface area (Å²) in [6.07, 6.45) is 10.4. The zero-order valence-electron chi connectivity index (χ0n) is 19.3. The van der Waals surface area contributed by atoms with Crippen LogP contribution in [0.2, 0.25) is 5.15 Å². The summed E-state index contributed by atoms with van der Waals surface area (Å²) in [5.41, 5.74) is 3.43. The van der Waals surface area contributed by atoms with E-state index in [0.29, 0.717) is 29.4 Å². The number of nitrogens with two attached hydrogens (primary N) is 1. The van der Waals surface area contributed by atoms with Crippen molar-refractivity contribution in [3.05, 3.63) is 59.7 Å². The van der Waals surface area contributed by atoms with Gasteiger partial charge in [-0.3, -0.25) is 5.01 Å². The van der Waals surface area contributed by atoms with Gasteiger partial charge in [0, 0.05) is 30.2 Å². The fourth-order valence-electron chi connectivity index (χ4n) is 3.29. The van der Waals surface area contributed by atoms with E-state index in [-0.39, 0.29) is 5.41 Å². The van der Waals surface area contributed by atoms with Gasteiger partial charge in [-0.15, -0.1) is 0 Å². The maximum atomic E-state index is 6.28. The Bertz CT molecular complexity index is 1020. The van der Waals surface area contributed by atoms with Gasteiger partial charge in [-0.2, -0.15) is 0 Å². The van der Waals surface area contributed by atoms with Crippen LogP contribution in [0.4, 0.5) is 11.6 Å². The Balaban J connectivity index is 1.92. The standard InChI is InChI=1S/C24H32ClN7/c1-6-7-20(30-16(2)29-18-10-11-27-22(25)13-18)19-14-28-23(32(26)15-24(3,4)5)31-21(19)12-17-8-9-17/h6-7,10-11,13-14,17H,1,8-9,12,15,26H2,2-5H3,(H,27,29,30)/b20-7-. The molecule has 170 valence electrons. The van der Waals surface area contributed by atoms with Crippen LogP contribution in [0.5, 0.6) is 0 Å². The average Bonchev–Trinajstić information content (AvgIpc) is 3.50. The van der Waals surface area contributed by atoms with Crippen molar-refractivity contribution in [3.63, 3.8) is 0 Å². The number of nitrogens with one attached hydrogen (secondary N) is 1. The second-order valence-electron chi connectivity index (χ2n) is 9.34. The SMILES string of the molecule is C=C/C=C(\N=C(/C)Nc1ccnc(Cl)c1)c1cnc(N(N)CC(C)(C)C)nc1CC1CC1. The smallest absolute Gasteiger partial charge is 0.240 e. The van der Waals surface area contributed by atoms with Crippen molar-refractivity contribution in [3.8, 4) is 0 Å². The Hall–Kier alpha value is -2.77. The van der Waals surface area contributed by atoms with E-state index in [9.17, 15) is 0 Å². The van der Waals surface area contributed by atoms with Gasteiger partial charge in [0.25, 0.3) is 0 Å². The molecule has 1 saturated carbocycles. The lowest BCUT2D eigenvalue weighted by atomic mass is 9.97. The van der Waals surface area contributed by atoms with Crippen LogP contribution in [0.15, 0.2) is 48.2 Å². The zero-order chi connectivity index (χ0) is 23.3. The van der Waals surface area contributed by atoms with Gasteiger partial charge in [-0.1, -0.05) is 45.0 Å². The van der Waals surface area contributed by atoms with Crippen LogP contribution in [-0.2, 0) is 6.42 Å². The van der Waals surface area contributed by atoms with E-state index in [1.807, 2.05) is 25.3 Å². The number of pyridine rings is 1. The van der Waals surface area contributed by atoms with Crippen molar-refractivity contribution >= 4 is 34.8 Å². The number of amidine groups is 1. The summed E-state index contributed by atoms with van der Waals surface area (Å²) in [5, 5.41) is 5.29. The Morgan fingerprint density at radius 2 is 2.12 bits per heavy atom. The van der Waals surface area contributed by atoms with Crippen LogP contribution in [-0.4, -0.2) is 27.3 Å². The van der Waals surface area contributed by atoms with Gasteiger partial charge in [0.1, 0.15) is 11.0 Å². The molecule has 7 nitrogen and oxygen atoms in total. The van der Waals surface area contributed by atoms with Crippen molar-refractivity contribution in [2.45, 2.75) is 47.0 Å². The number of hydrogen-bond donors (Lipinski definition) is 2. The Morgan fingerprint density at radius 3 is 2.75 bits per heavy atom. The first-order chi connectivity index (χ1) is 15.1. The van der Waals surface area contributed by atoms with Crippen molar-refractivity contribution in [2.75, 3.05) is 16.9 Å². The minimum atomic E-state index is 0.0320. The molecule has 2 heterocycles. The summed E-state index contributed by atoms with van der Waals surface area (Å²) in [4.78, 5) is 18.2. The number of allylic oxidation sites excluding steroid dienone is 2. The molecule has 0 saturated heterocycles. The van der Waals surface area contributed by atoms with Crippen LogP contribution < -0.4 is 16.2 Å². The molecule has 2 aromatic rings. The second kappa shape index (κ2) is 10.2. The maximum absolute atomic E-state index is 6.28. The number of aliphatic imine (C=N–C) groups is 1. The minimum absolute atomic E-state index is 0.0320. The first kappa shape index (κ1) is 23.9. The highest BCUT2D eigenvalue weighted by Gasteiger charge is 2.26. The molecule has 32 heavy (non-hydrogen) atoms. The molecule has 1 fully saturated rings. The molecular weight excluding hydrogens is 422 g/mol. The van der Waals surface area contributed by atoms with E-state index < -0.39 is 0 Å². The number of hydrogen-bond acceptors (Lipinski definition) is 6. The number of rotatable bonds is 8. The number of aromatic nitrogens is 3. The Morgan fingerprint density at radius 1 is 1.38 bits per heavy atom. The van der Waals surface area contributed by atoms with Crippen LogP contribution in [0.1, 0.15) is 51.8 Å². The van der Waals surface area contributed by atoms with Crippen molar-refractivity contribution in [1.82, 2.24) is 15.0 Å². The van der Waals surface area contributed by atoms with Crippen LogP contribution in [0, 0.1) is 11.3 Å². The molecule has 8 heteroatoms. The highest BCUT2D eigenvalue weighted by atomic mass is 35.5. The van der Waals surface area contributed by atoms with Gasteiger partial charge in [0.2, 0.25) is 5.95 Å². The van der Waals surface area contributed by atoms with Gasteiger partial charge < -0.3 is 5.32 Å². The quantitative estimate of drug-likeness (QED) is 0.141. The van der Waals surface area contributed by atoms with Crippen LogP contribution in [0.25, 0.3) is 5.70 Å². The number of nitrogens with zero attached hydrogens (tertiary/aromatic N) is 5. The average molecular weight is 454 g/mol. The largest absolute Gasteiger partial charge is 0.344 e. The van der Waals surface area contributed by atoms with Gasteiger partial charge in [0.05, 0.1) is 11.4 Å². The molecule has 2 aromatic heterocycles. The Labute approximate surface area is 195 Å². The molecular formula is C24H32ClN7. The van der Waals surface area contributed by atoms with Crippen molar-refractivity contribution < 1.29 is 0 Å². The lowest BCUT2D eigenvalue weighted by Gasteiger charge is -2.26. The molecule has 0 aromatic carbocycles. The summed E-state index contributed by atoms with van der Waals surface area (Å²) in [5.74, 6) is 8.17. The minimum Gasteiger partial charge on any atom is -0.344 e. The van der Waals surface area contributed by atoms with Gasteiger partial charge >= 0.3 is 0 Å². The lowest BCUT2D eigenvalue weighted by Crippen LogP contribution is -2.39. The molecule has 0 atom stereocenters. The van der Waals surface area contributed by atoms with Crippen molar-refractivity contribution in [1.29, 1.82) is 0 Å². The summed E-state index contributed by atoms with van der Waals surface area (Å²) < 4.78 is 0. The fraction of sp³-hybridized carbons (Fsp3) is 0.417. The number of halogens is 1. The zero-order valence-corrected chi connectivity index (χ0v) is 20.0. The van der Waals surface area contributed by atoms with Crippen LogP contribution >= 0.6 is 11.6 Å². The Kier molecular flexibility index (Phi) is 7.64. The topological polar surface area (TPSA) is 92.3 Å².